The highest BCUT2D eigenvalue weighted by Crippen LogP contribution is 2.29. The number of aliphatic hydroxyl groups excluding tert-OH is 1. The Bertz CT molecular complexity index is 411. The van der Waals surface area contributed by atoms with Gasteiger partial charge >= 0.3 is 0 Å². The first-order valence-corrected chi connectivity index (χ1v) is 6.84. The van der Waals surface area contributed by atoms with Gasteiger partial charge in [-0.05, 0) is 18.9 Å². The lowest BCUT2D eigenvalue weighted by Gasteiger charge is -2.41. The van der Waals surface area contributed by atoms with Gasteiger partial charge in [0.15, 0.2) is 0 Å². The van der Waals surface area contributed by atoms with Crippen molar-refractivity contribution in [1.29, 1.82) is 0 Å². The van der Waals surface area contributed by atoms with Gasteiger partial charge in [-0.1, -0.05) is 20.8 Å². The fraction of sp³-hybridized carbons (Fsp3) is 0.786. The van der Waals surface area contributed by atoms with E-state index in [2.05, 4.69) is 36.8 Å². The number of hydrogen-bond donors (Lipinski definition) is 1. The molecule has 4 heteroatoms. The van der Waals surface area contributed by atoms with Crippen LogP contribution in [-0.4, -0.2) is 39.0 Å². The number of aromatic nitrogens is 2. The molecule has 102 valence electrons. The summed E-state index contributed by atoms with van der Waals surface area (Å²) < 4.78 is 1.98. The first-order chi connectivity index (χ1) is 8.42. The standard InChI is InChI=1S/C14H25N3O/c1-5-11-8-12(16(4)15-11)9-17-7-6-13(18)14(2,3)10-17/h8,13,18H,5-7,9-10H2,1-4H3. The number of hydrogen-bond acceptors (Lipinski definition) is 3. The van der Waals surface area contributed by atoms with Gasteiger partial charge in [0.25, 0.3) is 0 Å². The van der Waals surface area contributed by atoms with Crippen molar-refractivity contribution in [2.24, 2.45) is 12.5 Å². The maximum Gasteiger partial charge on any atom is 0.0625 e. The second kappa shape index (κ2) is 5.02. The van der Waals surface area contributed by atoms with Crippen molar-refractivity contribution in [1.82, 2.24) is 14.7 Å². The van der Waals surface area contributed by atoms with Gasteiger partial charge < -0.3 is 5.11 Å². The maximum absolute atomic E-state index is 9.97. The van der Waals surface area contributed by atoms with Gasteiger partial charge in [-0.15, -0.1) is 0 Å². The highest BCUT2D eigenvalue weighted by atomic mass is 16.3. The Hall–Kier alpha value is -0.870. The van der Waals surface area contributed by atoms with Crippen molar-refractivity contribution < 1.29 is 5.11 Å². The van der Waals surface area contributed by atoms with Crippen LogP contribution in [0.5, 0.6) is 0 Å². The third kappa shape index (κ3) is 2.75. The van der Waals surface area contributed by atoms with Crippen LogP contribution in [0.1, 0.15) is 38.6 Å². The molecule has 0 aromatic carbocycles. The lowest BCUT2D eigenvalue weighted by Crippen LogP contribution is -2.48. The van der Waals surface area contributed by atoms with Gasteiger partial charge in [0.2, 0.25) is 0 Å². The molecule has 1 aromatic rings. The molecule has 1 fully saturated rings. The van der Waals surface area contributed by atoms with Crippen LogP contribution in [0.4, 0.5) is 0 Å². The van der Waals surface area contributed by atoms with E-state index >= 15 is 0 Å². The van der Waals surface area contributed by atoms with Crippen LogP contribution in [0.15, 0.2) is 6.07 Å². The summed E-state index contributed by atoms with van der Waals surface area (Å²) in [5.74, 6) is 0. The highest BCUT2D eigenvalue weighted by Gasteiger charge is 2.34. The quantitative estimate of drug-likeness (QED) is 0.886. The minimum Gasteiger partial charge on any atom is -0.392 e. The van der Waals surface area contributed by atoms with Gasteiger partial charge in [-0.3, -0.25) is 9.58 Å². The van der Waals surface area contributed by atoms with E-state index in [-0.39, 0.29) is 11.5 Å². The Labute approximate surface area is 110 Å². The number of aliphatic hydroxyl groups is 1. The first-order valence-electron chi connectivity index (χ1n) is 6.84. The topological polar surface area (TPSA) is 41.3 Å². The third-order valence-electron chi connectivity index (χ3n) is 4.03. The number of likely N-dealkylation sites (tertiary alicyclic amines) is 1. The van der Waals surface area contributed by atoms with Gasteiger partial charge in [-0.2, -0.15) is 5.10 Å². The van der Waals surface area contributed by atoms with E-state index in [1.165, 1.54) is 5.69 Å². The van der Waals surface area contributed by atoms with Crippen LogP contribution in [0.25, 0.3) is 0 Å². The minimum atomic E-state index is -0.175. The Balaban J connectivity index is 2.03. The molecule has 1 atom stereocenters. The summed E-state index contributed by atoms with van der Waals surface area (Å²) in [6, 6.07) is 2.19. The SMILES string of the molecule is CCc1cc(CN2CCC(O)C(C)(C)C2)n(C)n1. The molecule has 0 spiro atoms. The Morgan fingerprint density at radius 3 is 2.78 bits per heavy atom. The van der Waals surface area contributed by atoms with E-state index in [4.69, 9.17) is 0 Å². The second-order valence-electron chi connectivity index (χ2n) is 6.11. The molecule has 0 radical (unpaired) electrons. The summed E-state index contributed by atoms with van der Waals surface area (Å²) in [6.07, 6.45) is 1.68. The fourth-order valence-electron chi connectivity index (χ4n) is 2.71. The first kappa shape index (κ1) is 13.6. The van der Waals surface area contributed by atoms with Gasteiger partial charge in [0.1, 0.15) is 0 Å². The smallest absolute Gasteiger partial charge is 0.0625 e. The van der Waals surface area contributed by atoms with Crippen LogP contribution in [0, 0.1) is 5.41 Å². The summed E-state index contributed by atoms with van der Waals surface area (Å²) in [6.45, 7) is 9.26. The molecule has 0 amide bonds. The number of nitrogens with zero attached hydrogens (tertiary/aromatic N) is 3. The summed E-state index contributed by atoms with van der Waals surface area (Å²) >= 11 is 0. The van der Waals surface area contributed by atoms with Gasteiger partial charge in [0.05, 0.1) is 17.5 Å². The predicted octanol–water partition coefficient (Wildman–Crippen LogP) is 1.58. The zero-order valence-electron chi connectivity index (χ0n) is 12.0. The summed E-state index contributed by atoms with van der Waals surface area (Å²) in [4.78, 5) is 2.42. The van der Waals surface area contributed by atoms with E-state index < -0.39 is 0 Å². The molecule has 0 aliphatic carbocycles. The van der Waals surface area contributed by atoms with E-state index in [1.54, 1.807) is 0 Å². The Morgan fingerprint density at radius 2 is 2.22 bits per heavy atom. The molecular weight excluding hydrogens is 226 g/mol. The van der Waals surface area contributed by atoms with Crippen LogP contribution < -0.4 is 0 Å². The molecule has 1 aliphatic rings. The molecule has 1 aliphatic heterocycles. The summed E-state index contributed by atoms with van der Waals surface area (Å²) in [5.41, 5.74) is 2.41. The molecule has 4 nitrogen and oxygen atoms in total. The molecule has 2 rings (SSSR count). The summed E-state index contributed by atoms with van der Waals surface area (Å²) in [5, 5.41) is 14.5. The molecule has 1 unspecified atom stereocenters. The molecule has 1 N–H and O–H groups in total. The molecular formula is C14H25N3O. The number of piperidine rings is 1. The van der Waals surface area contributed by atoms with Crippen molar-refractivity contribution in [2.75, 3.05) is 13.1 Å². The lowest BCUT2D eigenvalue weighted by molar-refractivity contribution is -0.0276. The second-order valence-corrected chi connectivity index (χ2v) is 6.11. The van der Waals surface area contributed by atoms with Gasteiger partial charge in [-0.25, -0.2) is 0 Å². The monoisotopic (exact) mass is 251 g/mol. The van der Waals surface area contributed by atoms with Crippen molar-refractivity contribution in [3.63, 3.8) is 0 Å². The largest absolute Gasteiger partial charge is 0.392 e. The minimum absolute atomic E-state index is 0.00949. The molecule has 0 bridgehead atoms. The van der Waals surface area contributed by atoms with Crippen molar-refractivity contribution in [3.05, 3.63) is 17.5 Å². The van der Waals surface area contributed by atoms with E-state index in [0.717, 1.165) is 38.2 Å². The molecule has 1 aromatic heterocycles. The molecule has 18 heavy (non-hydrogen) atoms. The van der Waals surface area contributed by atoms with Crippen molar-refractivity contribution in [3.8, 4) is 0 Å². The number of aryl methyl sites for hydroxylation is 2. The third-order valence-corrected chi connectivity index (χ3v) is 4.03. The maximum atomic E-state index is 9.97. The van der Waals surface area contributed by atoms with Crippen LogP contribution >= 0.6 is 0 Å². The van der Waals surface area contributed by atoms with Crippen molar-refractivity contribution in [2.45, 2.75) is 46.3 Å². The molecule has 0 saturated carbocycles. The predicted molar refractivity (Wildman–Crippen MR) is 72.3 cm³/mol. The zero-order valence-corrected chi connectivity index (χ0v) is 12.0. The van der Waals surface area contributed by atoms with E-state index in [9.17, 15) is 5.11 Å². The summed E-state index contributed by atoms with van der Waals surface area (Å²) in [7, 11) is 2.01. The molecule has 1 saturated heterocycles. The zero-order chi connectivity index (χ0) is 13.3. The number of rotatable bonds is 3. The average molecular weight is 251 g/mol. The normalized spacial score (nSPS) is 24.4. The molecule has 2 heterocycles. The Kier molecular flexibility index (Phi) is 3.78. The van der Waals surface area contributed by atoms with E-state index in [1.807, 2.05) is 11.7 Å². The average Bonchev–Trinajstić information content (AvgIpc) is 2.65. The van der Waals surface area contributed by atoms with Gasteiger partial charge in [0, 0.05) is 32.1 Å². The Morgan fingerprint density at radius 1 is 1.50 bits per heavy atom. The van der Waals surface area contributed by atoms with Crippen LogP contribution in [-0.2, 0) is 20.0 Å². The van der Waals surface area contributed by atoms with E-state index in [0.29, 0.717) is 0 Å². The van der Waals surface area contributed by atoms with Crippen LogP contribution in [0.3, 0.4) is 0 Å². The highest BCUT2D eigenvalue weighted by molar-refractivity contribution is 5.10. The van der Waals surface area contributed by atoms with Crippen molar-refractivity contribution >= 4 is 0 Å². The lowest BCUT2D eigenvalue weighted by atomic mass is 9.81. The fourth-order valence-corrected chi connectivity index (χ4v) is 2.71. The van der Waals surface area contributed by atoms with Crippen LogP contribution in [0.2, 0.25) is 0 Å².